The summed E-state index contributed by atoms with van der Waals surface area (Å²) in [5, 5.41) is 4.54. The Labute approximate surface area is 125 Å². The smallest absolute Gasteiger partial charge is 0.319 e. The van der Waals surface area contributed by atoms with Gasteiger partial charge in [-0.25, -0.2) is 9.18 Å². The highest BCUT2D eigenvalue weighted by Crippen LogP contribution is 2.32. The summed E-state index contributed by atoms with van der Waals surface area (Å²) < 4.78 is 13.7. The van der Waals surface area contributed by atoms with Gasteiger partial charge in [-0.05, 0) is 24.4 Å². The molecule has 1 N–H and O–H groups in total. The van der Waals surface area contributed by atoms with Gasteiger partial charge in [0.2, 0.25) is 0 Å². The largest absolute Gasteiger partial charge is 0.325 e. The van der Waals surface area contributed by atoms with E-state index in [0.29, 0.717) is 5.56 Å². The second-order valence-electron chi connectivity index (χ2n) is 5.02. The maximum Gasteiger partial charge on any atom is 0.325 e. The minimum atomic E-state index is -1.07. The molecule has 0 unspecified atom stereocenters. The van der Waals surface area contributed by atoms with Crippen LogP contribution in [-0.4, -0.2) is 16.8 Å². The molecule has 0 radical (unpaired) electrons. The van der Waals surface area contributed by atoms with E-state index in [1.54, 1.807) is 31.2 Å². The molecule has 4 nitrogen and oxygen atoms in total. The van der Waals surface area contributed by atoms with Crippen LogP contribution in [0.5, 0.6) is 0 Å². The van der Waals surface area contributed by atoms with E-state index in [0.717, 1.165) is 9.78 Å². The van der Waals surface area contributed by atoms with Crippen LogP contribution in [0.4, 0.5) is 9.18 Å². The van der Waals surface area contributed by atoms with Gasteiger partial charge in [0.15, 0.2) is 5.54 Å². The second-order valence-corrected chi connectivity index (χ2v) is 5.96. The Morgan fingerprint density at radius 3 is 2.67 bits per heavy atom. The summed E-state index contributed by atoms with van der Waals surface area (Å²) in [7, 11) is 0. The summed E-state index contributed by atoms with van der Waals surface area (Å²) in [5.41, 5.74) is -0.757. The van der Waals surface area contributed by atoms with Gasteiger partial charge in [-0.3, -0.25) is 9.69 Å². The summed E-state index contributed by atoms with van der Waals surface area (Å²) in [6.45, 7) is 1.60. The number of hydrogen-bond acceptors (Lipinski definition) is 3. The highest BCUT2D eigenvalue weighted by Gasteiger charge is 2.49. The predicted molar refractivity (Wildman–Crippen MR) is 77.2 cm³/mol. The molecule has 3 amide bonds. The fourth-order valence-corrected chi connectivity index (χ4v) is 3.20. The van der Waals surface area contributed by atoms with Crippen molar-refractivity contribution in [1.82, 2.24) is 10.2 Å². The van der Waals surface area contributed by atoms with Crippen molar-refractivity contribution in [2.24, 2.45) is 0 Å². The minimum Gasteiger partial charge on any atom is -0.319 e. The van der Waals surface area contributed by atoms with Gasteiger partial charge in [-0.15, -0.1) is 11.3 Å². The molecule has 1 atom stereocenters. The zero-order valence-corrected chi connectivity index (χ0v) is 12.1. The minimum absolute atomic E-state index is 0.0711. The van der Waals surface area contributed by atoms with Gasteiger partial charge in [-0.2, -0.15) is 0 Å². The van der Waals surface area contributed by atoms with Crippen LogP contribution in [-0.2, 0) is 16.9 Å². The van der Waals surface area contributed by atoms with Gasteiger partial charge in [0, 0.05) is 10.4 Å². The van der Waals surface area contributed by atoms with Crippen LogP contribution in [0.15, 0.2) is 41.8 Å². The van der Waals surface area contributed by atoms with E-state index < -0.39 is 17.4 Å². The van der Waals surface area contributed by atoms with Gasteiger partial charge < -0.3 is 5.32 Å². The zero-order chi connectivity index (χ0) is 15.0. The number of imide groups is 1. The number of thiophene rings is 1. The fraction of sp³-hybridized carbons (Fsp3) is 0.200. The lowest BCUT2D eigenvalue weighted by Gasteiger charge is -2.20. The van der Waals surface area contributed by atoms with Gasteiger partial charge >= 0.3 is 6.03 Å². The lowest BCUT2D eigenvalue weighted by Crippen LogP contribution is -2.40. The molecule has 0 spiro atoms. The number of amides is 3. The third kappa shape index (κ3) is 2.21. The average molecular weight is 304 g/mol. The van der Waals surface area contributed by atoms with E-state index in [2.05, 4.69) is 5.32 Å². The predicted octanol–water partition coefficient (Wildman–Crippen LogP) is 2.85. The first-order valence-electron chi connectivity index (χ1n) is 6.44. The number of benzene rings is 1. The molecule has 6 heteroatoms. The Hall–Kier alpha value is -2.21. The molecule has 1 aromatic heterocycles. The molecule has 21 heavy (non-hydrogen) atoms. The molecule has 1 fully saturated rings. The van der Waals surface area contributed by atoms with Crippen LogP contribution >= 0.6 is 11.3 Å². The highest BCUT2D eigenvalue weighted by molar-refractivity contribution is 7.10. The molecule has 3 rings (SSSR count). The molecular formula is C15H13FN2O2S. The molecule has 1 aliphatic rings. The van der Waals surface area contributed by atoms with E-state index in [1.807, 2.05) is 11.4 Å². The van der Waals surface area contributed by atoms with Crippen LogP contribution < -0.4 is 5.32 Å². The van der Waals surface area contributed by atoms with E-state index >= 15 is 0 Å². The number of carbonyl (C=O) groups excluding carboxylic acids is 2. The quantitative estimate of drug-likeness (QED) is 0.887. The van der Waals surface area contributed by atoms with E-state index in [-0.39, 0.29) is 12.5 Å². The molecular weight excluding hydrogens is 291 g/mol. The first-order chi connectivity index (χ1) is 10.0. The number of nitrogens with zero attached hydrogens (tertiary/aromatic N) is 1. The van der Waals surface area contributed by atoms with Crippen LogP contribution in [0.3, 0.4) is 0 Å². The normalized spacial score (nSPS) is 21.7. The van der Waals surface area contributed by atoms with E-state index in [4.69, 9.17) is 0 Å². The number of hydrogen-bond donors (Lipinski definition) is 1. The summed E-state index contributed by atoms with van der Waals surface area (Å²) in [4.78, 5) is 26.5. The Balaban J connectivity index is 1.90. The first kappa shape index (κ1) is 13.8. The van der Waals surface area contributed by atoms with Crippen molar-refractivity contribution in [2.75, 3.05) is 0 Å². The number of halogens is 1. The molecule has 0 saturated carbocycles. The van der Waals surface area contributed by atoms with Crippen molar-refractivity contribution in [3.8, 4) is 0 Å². The Bertz CT molecular complexity index is 701. The van der Waals surface area contributed by atoms with E-state index in [1.165, 1.54) is 17.4 Å². The lowest BCUT2D eigenvalue weighted by atomic mass is 10.0. The molecule has 2 aromatic rings. The number of urea groups is 1. The van der Waals surface area contributed by atoms with Crippen molar-refractivity contribution >= 4 is 23.3 Å². The molecule has 0 bridgehead atoms. The van der Waals surface area contributed by atoms with Crippen molar-refractivity contribution < 1.29 is 14.0 Å². The zero-order valence-electron chi connectivity index (χ0n) is 11.3. The molecule has 0 aliphatic carbocycles. The topological polar surface area (TPSA) is 49.4 Å². The molecule has 1 saturated heterocycles. The van der Waals surface area contributed by atoms with Gasteiger partial charge in [0.1, 0.15) is 5.82 Å². The van der Waals surface area contributed by atoms with Crippen LogP contribution in [0, 0.1) is 5.82 Å². The van der Waals surface area contributed by atoms with Gasteiger partial charge in [-0.1, -0.05) is 24.3 Å². The number of carbonyl (C=O) groups is 2. The summed E-state index contributed by atoms with van der Waals surface area (Å²) in [5.74, 6) is -0.791. The second kappa shape index (κ2) is 4.96. The Morgan fingerprint density at radius 2 is 2.00 bits per heavy atom. The van der Waals surface area contributed by atoms with Crippen LogP contribution in [0.25, 0.3) is 0 Å². The highest BCUT2D eigenvalue weighted by atomic mass is 32.1. The van der Waals surface area contributed by atoms with Gasteiger partial charge in [0.25, 0.3) is 5.91 Å². The maximum atomic E-state index is 13.7. The van der Waals surface area contributed by atoms with Crippen molar-refractivity contribution in [3.63, 3.8) is 0 Å². The molecule has 1 aliphatic heterocycles. The van der Waals surface area contributed by atoms with Crippen LogP contribution in [0.1, 0.15) is 17.4 Å². The monoisotopic (exact) mass is 304 g/mol. The molecule has 1 aromatic carbocycles. The average Bonchev–Trinajstić information content (AvgIpc) is 3.06. The number of rotatable bonds is 3. The third-order valence-corrected chi connectivity index (χ3v) is 4.67. The molecule has 2 heterocycles. The molecule has 108 valence electrons. The number of nitrogens with one attached hydrogen (secondary N) is 1. The standard InChI is InChI=1S/C15H13FN2O2S/c1-15(12-7-4-8-21-12)13(19)18(14(20)17-15)9-10-5-2-3-6-11(10)16/h2-8H,9H2,1H3,(H,17,20)/t15-/m0/s1. The summed E-state index contributed by atoms with van der Waals surface area (Å²) >= 11 is 1.40. The fourth-order valence-electron chi connectivity index (χ4n) is 2.37. The van der Waals surface area contributed by atoms with Crippen molar-refractivity contribution in [1.29, 1.82) is 0 Å². The maximum absolute atomic E-state index is 13.7. The first-order valence-corrected chi connectivity index (χ1v) is 7.32. The van der Waals surface area contributed by atoms with Crippen molar-refractivity contribution in [2.45, 2.75) is 19.0 Å². The lowest BCUT2D eigenvalue weighted by molar-refractivity contribution is -0.131. The van der Waals surface area contributed by atoms with Crippen molar-refractivity contribution in [3.05, 3.63) is 58.0 Å². The van der Waals surface area contributed by atoms with E-state index in [9.17, 15) is 14.0 Å². The Kier molecular flexibility index (Phi) is 3.25. The third-order valence-electron chi connectivity index (χ3n) is 3.58. The van der Waals surface area contributed by atoms with Crippen LogP contribution in [0.2, 0.25) is 0 Å². The SMILES string of the molecule is C[C@@]1(c2cccs2)NC(=O)N(Cc2ccccc2F)C1=O. The summed E-state index contributed by atoms with van der Waals surface area (Å²) in [6, 6.07) is 9.25. The summed E-state index contributed by atoms with van der Waals surface area (Å²) in [6.07, 6.45) is 0. The van der Waals surface area contributed by atoms with Gasteiger partial charge in [0.05, 0.1) is 6.54 Å². The Morgan fingerprint density at radius 1 is 1.24 bits per heavy atom.